The van der Waals surface area contributed by atoms with Gasteiger partial charge >= 0.3 is 0 Å². The second-order valence-corrected chi connectivity index (χ2v) is 4.67. The Balaban J connectivity index is 1.75. The first kappa shape index (κ1) is 13.7. The molecule has 0 aliphatic carbocycles. The van der Waals surface area contributed by atoms with E-state index in [-0.39, 0.29) is 17.8 Å². The third kappa shape index (κ3) is 3.89. The van der Waals surface area contributed by atoms with Crippen molar-refractivity contribution in [2.45, 2.75) is 25.6 Å². The number of hydrogen-bond donors (Lipinski definition) is 0. The van der Waals surface area contributed by atoms with E-state index in [2.05, 4.69) is 6.58 Å². The normalized spacial score (nSPS) is 16.4. The number of halogens is 1. The van der Waals surface area contributed by atoms with E-state index in [1.54, 1.807) is 17.0 Å². The molecule has 1 fully saturated rings. The van der Waals surface area contributed by atoms with Gasteiger partial charge in [0.15, 0.2) is 0 Å². The summed E-state index contributed by atoms with van der Waals surface area (Å²) >= 11 is 0. The van der Waals surface area contributed by atoms with E-state index >= 15 is 0 Å². The van der Waals surface area contributed by atoms with Crippen LogP contribution in [0.15, 0.2) is 36.9 Å². The summed E-state index contributed by atoms with van der Waals surface area (Å²) < 4.78 is 18.5. The molecule has 0 N–H and O–H groups in total. The van der Waals surface area contributed by atoms with Crippen molar-refractivity contribution in [3.05, 3.63) is 48.3 Å². The molecule has 1 aromatic rings. The molecule has 1 amide bonds. The quantitative estimate of drug-likeness (QED) is 0.781. The minimum absolute atomic E-state index is 0.0167. The van der Waals surface area contributed by atoms with Crippen molar-refractivity contribution in [1.82, 2.24) is 4.90 Å². The Morgan fingerprint density at radius 1 is 1.37 bits per heavy atom. The van der Waals surface area contributed by atoms with Gasteiger partial charge in [0, 0.05) is 13.1 Å². The van der Waals surface area contributed by atoms with E-state index in [0.717, 1.165) is 18.4 Å². The molecule has 0 saturated carbocycles. The molecule has 0 atom stereocenters. The van der Waals surface area contributed by atoms with Gasteiger partial charge in [0.1, 0.15) is 5.82 Å². The SMILES string of the molecule is C=CC(=O)N1CCC(OCc2ccc(F)cc2)CC1. The Kier molecular flexibility index (Phi) is 4.68. The second kappa shape index (κ2) is 6.48. The minimum Gasteiger partial charge on any atom is -0.373 e. The fourth-order valence-electron chi connectivity index (χ4n) is 2.17. The third-order valence-corrected chi connectivity index (χ3v) is 3.33. The first-order chi connectivity index (χ1) is 9.19. The molecule has 1 aliphatic rings. The molecule has 1 saturated heterocycles. The van der Waals surface area contributed by atoms with Gasteiger partial charge in [-0.2, -0.15) is 0 Å². The number of rotatable bonds is 4. The van der Waals surface area contributed by atoms with Gasteiger partial charge in [-0.05, 0) is 36.6 Å². The van der Waals surface area contributed by atoms with Crippen molar-refractivity contribution in [1.29, 1.82) is 0 Å². The predicted molar refractivity (Wildman–Crippen MR) is 71.0 cm³/mol. The molecule has 2 rings (SSSR count). The number of amides is 1. The van der Waals surface area contributed by atoms with Crippen LogP contribution in [0.25, 0.3) is 0 Å². The van der Waals surface area contributed by atoms with Crippen LogP contribution in [0.2, 0.25) is 0 Å². The monoisotopic (exact) mass is 263 g/mol. The zero-order valence-corrected chi connectivity index (χ0v) is 10.8. The Labute approximate surface area is 112 Å². The van der Waals surface area contributed by atoms with Crippen molar-refractivity contribution in [2.24, 2.45) is 0 Å². The van der Waals surface area contributed by atoms with Crippen LogP contribution in [0, 0.1) is 5.82 Å². The number of benzene rings is 1. The highest BCUT2D eigenvalue weighted by Crippen LogP contribution is 2.16. The maximum Gasteiger partial charge on any atom is 0.245 e. The summed E-state index contributed by atoms with van der Waals surface area (Å²) in [5.74, 6) is -0.253. The maximum absolute atomic E-state index is 12.7. The second-order valence-electron chi connectivity index (χ2n) is 4.67. The van der Waals surface area contributed by atoms with E-state index in [1.807, 2.05) is 0 Å². The molecular weight excluding hydrogens is 245 g/mol. The Hall–Kier alpha value is -1.68. The van der Waals surface area contributed by atoms with Crippen LogP contribution < -0.4 is 0 Å². The molecule has 3 nitrogen and oxygen atoms in total. The number of likely N-dealkylation sites (tertiary alicyclic amines) is 1. The molecule has 4 heteroatoms. The van der Waals surface area contributed by atoms with Crippen molar-refractivity contribution < 1.29 is 13.9 Å². The van der Waals surface area contributed by atoms with Gasteiger partial charge in [-0.15, -0.1) is 0 Å². The summed E-state index contributed by atoms with van der Waals surface area (Å²) in [6, 6.07) is 6.32. The Bertz CT molecular complexity index is 436. The highest BCUT2D eigenvalue weighted by atomic mass is 19.1. The van der Waals surface area contributed by atoms with E-state index in [4.69, 9.17) is 4.74 Å². The zero-order chi connectivity index (χ0) is 13.7. The van der Waals surface area contributed by atoms with Crippen molar-refractivity contribution >= 4 is 5.91 Å². The average molecular weight is 263 g/mol. The molecular formula is C15H18FNO2. The summed E-state index contributed by atoms with van der Waals surface area (Å²) in [7, 11) is 0. The van der Waals surface area contributed by atoms with Crippen LogP contribution in [0.5, 0.6) is 0 Å². The summed E-state index contributed by atoms with van der Waals surface area (Å²) in [5.41, 5.74) is 0.964. The van der Waals surface area contributed by atoms with Gasteiger partial charge in [-0.25, -0.2) is 4.39 Å². The molecule has 1 aromatic carbocycles. The number of carbonyl (C=O) groups is 1. The standard InChI is InChI=1S/C15H18FNO2/c1-2-15(18)17-9-7-14(8-10-17)19-11-12-3-5-13(16)6-4-12/h2-6,14H,1,7-11H2. The summed E-state index contributed by atoms with van der Waals surface area (Å²) in [5, 5.41) is 0. The number of hydrogen-bond acceptors (Lipinski definition) is 2. The van der Waals surface area contributed by atoms with Crippen molar-refractivity contribution in [3.8, 4) is 0 Å². The van der Waals surface area contributed by atoms with Crippen molar-refractivity contribution in [3.63, 3.8) is 0 Å². The van der Waals surface area contributed by atoms with Crippen LogP contribution in [0.1, 0.15) is 18.4 Å². The van der Waals surface area contributed by atoms with Gasteiger partial charge in [-0.3, -0.25) is 4.79 Å². The smallest absolute Gasteiger partial charge is 0.245 e. The lowest BCUT2D eigenvalue weighted by atomic mass is 10.1. The molecule has 0 spiro atoms. The molecule has 0 aromatic heterocycles. The van der Waals surface area contributed by atoms with E-state index in [1.165, 1.54) is 18.2 Å². The first-order valence-corrected chi connectivity index (χ1v) is 6.46. The Morgan fingerprint density at radius 2 is 2.00 bits per heavy atom. The summed E-state index contributed by atoms with van der Waals surface area (Å²) in [6.45, 7) is 5.39. The Morgan fingerprint density at radius 3 is 2.58 bits per heavy atom. The topological polar surface area (TPSA) is 29.5 Å². The third-order valence-electron chi connectivity index (χ3n) is 3.33. The van der Waals surface area contributed by atoms with E-state index < -0.39 is 0 Å². The maximum atomic E-state index is 12.7. The lowest BCUT2D eigenvalue weighted by Gasteiger charge is -2.31. The number of nitrogens with zero attached hydrogens (tertiary/aromatic N) is 1. The predicted octanol–water partition coefficient (Wildman–Crippen LogP) is 2.52. The lowest BCUT2D eigenvalue weighted by molar-refractivity contribution is -0.128. The molecule has 0 bridgehead atoms. The molecule has 1 heterocycles. The molecule has 0 unspecified atom stereocenters. The minimum atomic E-state index is -0.236. The number of ether oxygens (including phenoxy) is 1. The van der Waals surface area contributed by atoms with Crippen LogP contribution in [-0.4, -0.2) is 30.0 Å². The van der Waals surface area contributed by atoms with Gasteiger partial charge in [-0.1, -0.05) is 18.7 Å². The van der Waals surface area contributed by atoms with E-state index in [0.29, 0.717) is 19.7 Å². The number of carbonyl (C=O) groups excluding carboxylic acids is 1. The van der Waals surface area contributed by atoms with Crippen LogP contribution in [-0.2, 0) is 16.1 Å². The highest BCUT2D eigenvalue weighted by Gasteiger charge is 2.21. The molecule has 0 radical (unpaired) electrons. The first-order valence-electron chi connectivity index (χ1n) is 6.46. The average Bonchev–Trinajstić information content (AvgIpc) is 2.46. The zero-order valence-electron chi connectivity index (χ0n) is 10.8. The molecule has 102 valence electrons. The van der Waals surface area contributed by atoms with Crippen LogP contribution >= 0.6 is 0 Å². The fraction of sp³-hybridized carbons (Fsp3) is 0.400. The molecule has 1 aliphatic heterocycles. The van der Waals surface area contributed by atoms with Gasteiger partial charge in [0.05, 0.1) is 12.7 Å². The summed E-state index contributed by atoms with van der Waals surface area (Å²) in [6.07, 6.45) is 3.18. The lowest BCUT2D eigenvalue weighted by Crippen LogP contribution is -2.40. The van der Waals surface area contributed by atoms with Crippen LogP contribution in [0.4, 0.5) is 4.39 Å². The van der Waals surface area contributed by atoms with Crippen molar-refractivity contribution in [2.75, 3.05) is 13.1 Å². The van der Waals surface area contributed by atoms with Gasteiger partial charge in [0.2, 0.25) is 5.91 Å². The number of piperidine rings is 1. The summed E-state index contributed by atoms with van der Waals surface area (Å²) in [4.78, 5) is 13.2. The van der Waals surface area contributed by atoms with Gasteiger partial charge in [0.25, 0.3) is 0 Å². The van der Waals surface area contributed by atoms with Crippen LogP contribution in [0.3, 0.4) is 0 Å². The van der Waals surface area contributed by atoms with Gasteiger partial charge < -0.3 is 9.64 Å². The van der Waals surface area contributed by atoms with E-state index in [9.17, 15) is 9.18 Å². The molecule has 19 heavy (non-hydrogen) atoms. The fourth-order valence-corrected chi connectivity index (χ4v) is 2.17. The largest absolute Gasteiger partial charge is 0.373 e. The highest BCUT2D eigenvalue weighted by molar-refractivity contribution is 5.87.